The minimum Gasteiger partial charge on any atom is -0.497 e. The third-order valence-corrected chi connectivity index (χ3v) is 6.61. The van der Waals surface area contributed by atoms with Crippen molar-refractivity contribution < 1.29 is 43.6 Å². The second kappa shape index (κ2) is 11.0. The number of rotatable bonds is 9. The van der Waals surface area contributed by atoms with Gasteiger partial charge in [-0.1, -0.05) is 11.6 Å². The highest BCUT2D eigenvalue weighted by Crippen LogP contribution is 2.46. The number of methoxy groups -OCH3 is 3. The van der Waals surface area contributed by atoms with E-state index in [1.807, 2.05) is 0 Å². The fourth-order valence-corrected chi connectivity index (χ4v) is 4.59. The Balaban J connectivity index is 2.07. The van der Waals surface area contributed by atoms with E-state index in [2.05, 4.69) is 0 Å². The van der Waals surface area contributed by atoms with Crippen molar-refractivity contribution in [2.75, 3.05) is 26.2 Å². The molecule has 0 radical (unpaired) electrons. The Labute approximate surface area is 230 Å². The largest absolute Gasteiger partial charge is 0.497 e. The number of aryl methyl sites for hydroxylation is 1. The van der Waals surface area contributed by atoms with Crippen LogP contribution in [0.15, 0.2) is 72.3 Å². The van der Waals surface area contributed by atoms with E-state index in [9.17, 15) is 29.4 Å². The smallest absolute Gasteiger partial charge is 0.337 e. The molecule has 1 unspecified atom stereocenters. The van der Waals surface area contributed by atoms with Crippen LogP contribution in [0.2, 0.25) is 0 Å². The van der Waals surface area contributed by atoms with E-state index >= 15 is 0 Å². The third kappa shape index (κ3) is 4.92. The predicted octanol–water partition coefficient (Wildman–Crippen LogP) is 3.65. The molecule has 0 amide bonds. The van der Waals surface area contributed by atoms with E-state index in [0.29, 0.717) is 22.6 Å². The van der Waals surface area contributed by atoms with Crippen LogP contribution in [0.5, 0.6) is 11.5 Å². The van der Waals surface area contributed by atoms with E-state index in [1.54, 1.807) is 49.4 Å². The molecule has 10 heteroatoms. The first-order valence-corrected chi connectivity index (χ1v) is 12.1. The highest BCUT2D eigenvalue weighted by molar-refractivity contribution is 6.37. The number of benzene rings is 3. The third-order valence-electron chi connectivity index (χ3n) is 6.61. The maximum atomic E-state index is 14.1. The van der Waals surface area contributed by atoms with Crippen LogP contribution in [0, 0.1) is 6.92 Å². The van der Waals surface area contributed by atoms with E-state index in [1.165, 1.54) is 38.5 Å². The lowest BCUT2D eigenvalue weighted by atomic mass is 9.93. The molecule has 0 aliphatic carbocycles. The Bertz CT molecular complexity index is 1520. The summed E-state index contributed by atoms with van der Waals surface area (Å²) in [5, 5.41) is 22.0. The molecule has 10 nitrogen and oxygen atoms in total. The fourth-order valence-electron chi connectivity index (χ4n) is 4.59. The summed E-state index contributed by atoms with van der Waals surface area (Å²) >= 11 is 0. The van der Waals surface area contributed by atoms with Gasteiger partial charge in [0, 0.05) is 5.56 Å². The number of anilines is 1. The number of carboxylic acid groups (broad SMARTS) is 1. The van der Waals surface area contributed by atoms with Crippen LogP contribution in [0.25, 0.3) is 5.70 Å². The highest BCUT2D eigenvalue weighted by atomic mass is 16.5. The van der Waals surface area contributed by atoms with Gasteiger partial charge in [-0.3, -0.25) is 14.4 Å². The fraction of sp³-hybridized carbons (Fsp3) is 0.200. The summed E-state index contributed by atoms with van der Waals surface area (Å²) in [4.78, 5) is 53.9. The standard InChI is InChI=1S/C30H27NO9/c1-17-5-14-23(22(15-17)29(35)36)31-26(18-6-10-20(38-2)11-7-18)25(28(34)30(31,37)16-24(32)40-4)27(33)19-8-12-21(39-3)13-9-19/h5-15,37H,16H2,1-4H3,(H,35,36). The van der Waals surface area contributed by atoms with Gasteiger partial charge in [0.15, 0.2) is 5.78 Å². The summed E-state index contributed by atoms with van der Waals surface area (Å²) in [6.45, 7) is 1.69. The SMILES string of the molecule is COC(=O)CC1(O)C(=O)C(C(=O)c2ccc(OC)cc2)=C(c2ccc(OC)cc2)N1c1ccc(C)cc1C(=O)O. The number of carboxylic acids is 1. The van der Waals surface area contributed by atoms with Gasteiger partial charge < -0.3 is 29.3 Å². The number of nitrogens with zero attached hydrogens (tertiary/aromatic N) is 1. The summed E-state index contributed by atoms with van der Waals surface area (Å²) in [6.07, 6.45) is -0.881. The summed E-state index contributed by atoms with van der Waals surface area (Å²) in [7, 11) is 4.03. The number of ether oxygens (including phenoxy) is 3. The van der Waals surface area contributed by atoms with Gasteiger partial charge in [0.1, 0.15) is 17.9 Å². The van der Waals surface area contributed by atoms with Crippen molar-refractivity contribution >= 4 is 34.9 Å². The number of ketones is 2. The van der Waals surface area contributed by atoms with Crippen molar-refractivity contribution in [3.05, 3.63) is 94.6 Å². The van der Waals surface area contributed by atoms with Gasteiger partial charge in [-0.2, -0.15) is 0 Å². The molecule has 40 heavy (non-hydrogen) atoms. The zero-order valence-corrected chi connectivity index (χ0v) is 22.3. The van der Waals surface area contributed by atoms with Crippen LogP contribution >= 0.6 is 0 Å². The van der Waals surface area contributed by atoms with E-state index in [0.717, 1.165) is 12.0 Å². The second-order valence-corrected chi connectivity index (χ2v) is 9.07. The average Bonchev–Trinajstić information content (AvgIpc) is 3.18. The topological polar surface area (TPSA) is 140 Å². The number of hydrogen-bond donors (Lipinski definition) is 2. The quantitative estimate of drug-likeness (QED) is 0.233. The number of esters is 1. The Morgan fingerprint density at radius 1 is 0.875 bits per heavy atom. The molecule has 206 valence electrons. The molecule has 1 atom stereocenters. The zero-order chi connectivity index (χ0) is 29.2. The number of Topliss-reactive ketones (excluding diaryl/α,β-unsaturated/α-hetero) is 2. The van der Waals surface area contributed by atoms with Crippen molar-refractivity contribution in [3.8, 4) is 11.5 Å². The van der Waals surface area contributed by atoms with Crippen molar-refractivity contribution in [3.63, 3.8) is 0 Å². The Morgan fingerprint density at radius 3 is 1.98 bits per heavy atom. The van der Waals surface area contributed by atoms with Crippen LogP contribution in [-0.4, -0.2) is 60.8 Å². The number of carbonyl (C=O) groups is 4. The first-order valence-electron chi connectivity index (χ1n) is 12.1. The van der Waals surface area contributed by atoms with Crippen molar-refractivity contribution in [1.82, 2.24) is 0 Å². The van der Waals surface area contributed by atoms with Crippen molar-refractivity contribution in [2.45, 2.75) is 19.1 Å². The molecule has 0 saturated heterocycles. The van der Waals surface area contributed by atoms with Crippen LogP contribution in [0.4, 0.5) is 5.69 Å². The Kier molecular flexibility index (Phi) is 7.74. The average molecular weight is 546 g/mol. The molecule has 2 N–H and O–H groups in total. The lowest BCUT2D eigenvalue weighted by Crippen LogP contribution is -2.52. The molecular formula is C30H27NO9. The molecule has 4 rings (SSSR count). The molecule has 1 aliphatic heterocycles. The molecule has 0 bridgehead atoms. The molecule has 0 saturated carbocycles. The summed E-state index contributed by atoms with van der Waals surface area (Å²) in [6, 6.07) is 16.7. The lowest BCUT2D eigenvalue weighted by Gasteiger charge is -2.36. The predicted molar refractivity (Wildman–Crippen MR) is 144 cm³/mol. The molecule has 0 aromatic heterocycles. The maximum Gasteiger partial charge on any atom is 0.337 e. The van der Waals surface area contributed by atoms with E-state index in [4.69, 9.17) is 14.2 Å². The van der Waals surface area contributed by atoms with Gasteiger partial charge in [-0.25, -0.2) is 4.79 Å². The van der Waals surface area contributed by atoms with Crippen LogP contribution in [-0.2, 0) is 14.3 Å². The minimum atomic E-state index is -2.68. The monoisotopic (exact) mass is 545 g/mol. The van der Waals surface area contributed by atoms with Gasteiger partial charge in [-0.15, -0.1) is 0 Å². The van der Waals surface area contributed by atoms with Crippen LogP contribution in [0.3, 0.4) is 0 Å². The van der Waals surface area contributed by atoms with Crippen LogP contribution < -0.4 is 14.4 Å². The maximum absolute atomic E-state index is 14.1. The molecule has 1 heterocycles. The van der Waals surface area contributed by atoms with Crippen LogP contribution in [0.1, 0.15) is 38.3 Å². The van der Waals surface area contributed by atoms with Gasteiger partial charge in [-0.05, 0) is 73.2 Å². The first-order chi connectivity index (χ1) is 19.0. The molecular weight excluding hydrogens is 518 g/mol. The van der Waals surface area contributed by atoms with E-state index < -0.39 is 41.2 Å². The number of aliphatic hydroxyl groups is 1. The summed E-state index contributed by atoms with van der Waals surface area (Å²) in [5.74, 6) is -3.15. The van der Waals surface area contributed by atoms with Crippen molar-refractivity contribution in [1.29, 1.82) is 0 Å². The Morgan fingerprint density at radius 2 is 1.45 bits per heavy atom. The lowest BCUT2D eigenvalue weighted by molar-refractivity contribution is -0.150. The first kappa shape index (κ1) is 28.1. The van der Waals surface area contributed by atoms with E-state index in [-0.39, 0.29) is 22.5 Å². The highest BCUT2D eigenvalue weighted by Gasteiger charge is 2.56. The zero-order valence-electron chi connectivity index (χ0n) is 22.3. The molecule has 0 spiro atoms. The minimum absolute atomic E-state index is 0.0776. The molecule has 3 aromatic rings. The molecule has 0 fully saturated rings. The number of aromatic carboxylic acids is 1. The van der Waals surface area contributed by atoms with Gasteiger partial charge in [0.25, 0.3) is 0 Å². The number of hydrogen-bond acceptors (Lipinski definition) is 9. The molecule has 1 aliphatic rings. The van der Waals surface area contributed by atoms with Gasteiger partial charge in [0.05, 0.1) is 43.9 Å². The Hall–Kier alpha value is -4.96. The normalized spacial score (nSPS) is 16.6. The number of carbonyl (C=O) groups excluding carboxylic acids is 3. The van der Waals surface area contributed by atoms with Gasteiger partial charge in [0.2, 0.25) is 11.5 Å². The molecule has 3 aromatic carbocycles. The van der Waals surface area contributed by atoms with Gasteiger partial charge >= 0.3 is 11.9 Å². The van der Waals surface area contributed by atoms with Crippen molar-refractivity contribution in [2.24, 2.45) is 0 Å². The summed E-state index contributed by atoms with van der Waals surface area (Å²) in [5.41, 5.74) is -2.53. The summed E-state index contributed by atoms with van der Waals surface area (Å²) < 4.78 is 15.2. The second-order valence-electron chi connectivity index (χ2n) is 9.07.